The van der Waals surface area contributed by atoms with E-state index in [1.807, 2.05) is 13.8 Å². The highest BCUT2D eigenvalue weighted by Gasteiger charge is 2.09. The maximum Gasteiger partial charge on any atom is 0.271 e. The fraction of sp³-hybridized carbons (Fsp3) is 0.444. The van der Waals surface area contributed by atoms with Gasteiger partial charge in [0.25, 0.3) is 5.91 Å². The van der Waals surface area contributed by atoms with E-state index in [1.54, 1.807) is 5.38 Å². The molecular weight excluding hydrogens is 214 g/mol. The molecule has 0 bridgehead atoms. The van der Waals surface area contributed by atoms with Crippen LogP contribution < -0.4 is 10.6 Å². The number of nitrogens with one attached hydrogen (secondary N) is 2. The summed E-state index contributed by atoms with van der Waals surface area (Å²) in [5, 5.41) is 7.58. The first-order chi connectivity index (χ1) is 7.13. The van der Waals surface area contributed by atoms with Crippen LogP contribution in [-0.2, 0) is 4.79 Å². The molecule has 15 heavy (non-hydrogen) atoms. The van der Waals surface area contributed by atoms with Crippen LogP contribution in [0, 0.1) is 6.92 Å². The number of hydrogen-bond donors (Lipinski definition) is 2. The number of hydrogen-bond acceptors (Lipinski definition) is 4. The quantitative estimate of drug-likeness (QED) is 0.778. The van der Waals surface area contributed by atoms with Gasteiger partial charge in [0, 0.05) is 11.9 Å². The molecule has 0 aromatic carbocycles. The van der Waals surface area contributed by atoms with E-state index in [-0.39, 0.29) is 18.4 Å². The minimum atomic E-state index is -0.314. The SMILES string of the molecule is CCNC(=O)CNC(=O)c1csc(C)n1. The molecule has 2 N–H and O–H groups in total. The molecule has 0 radical (unpaired) electrons. The van der Waals surface area contributed by atoms with Crippen molar-refractivity contribution in [1.29, 1.82) is 0 Å². The molecule has 6 heteroatoms. The summed E-state index contributed by atoms with van der Waals surface area (Å²) in [5.41, 5.74) is 0.363. The molecule has 1 aromatic rings. The molecule has 1 heterocycles. The summed E-state index contributed by atoms with van der Waals surface area (Å²) in [6.07, 6.45) is 0. The van der Waals surface area contributed by atoms with Gasteiger partial charge in [-0.25, -0.2) is 4.98 Å². The molecule has 82 valence electrons. The van der Waals surface area contributed by atoms with E-state index in [2.05, 4.69) is 15.6 Å². The van der Waals surface area contributed by atoms with Crippen LogP contribution in [0.1, 0.15) is 22.4 Å². The van der Waals surface area contributed by atoms with Crippen molar-refractivity contribution in [2.75, 3.05) is 13.1 Å². The molecule has 0 aliphatic rings. The third kappa shape index (κ3) is 3.67. The van der Waals surface area contributed by atoms with Crippen LogP contribution in [0.4, 0.5) is 0 Å². The van der Waals surface area contributed by atoms with Crippen molar-refractivity contribution in [2.24, 2.45) is 0 Å². The van der Waals surface area contributed by atoms with E-state index >= 15 is 0 Å². The normalized spacial score (nSPS) is 9.73. The number of carbonyl (C=O) groups is 2. The van der Waals surface area contributed by atoms with Crippen molar-refractivity contribution in [1.82, 2.24) is 15.6 Å². The standard InChI is InChI=1S/C9H13N3O2S/c1-3-10-8(13)4-11-9(14)7-5-15-6(2)12-7/h5H,3-4H2,1-2H3,(H,10,13)(H,11,14). The second-order valence-electron chi connectivity index (χ2n) is 2.89. The van der Waals surface area contributed by atoms with E-state index in [0.717, 1.165) is 5.01 Å². The second kappa shape index (κ2) is 5.45. The predicted octanol–water partition coefficient (Wildman–Crippen LogP) is 0.317. The number of nitrogens with zero attached hydrogens (tertiary/aromatic N) is 1. The van der Waals surface area contributed by atoms with Crippen molar-refractivity contribution in [3.05, 3.63) is 16.1 Å². The van der Waals surface area contributed by atoms with E-state index in [9.17, 15) is 9.59 Å². The summed E-state index contributed by atoms with van der Waals surface area (Å²) in [4.78, 5) is 26.5. The lowest BCUT2D eigenvalue weighted by Crippen LogP contribution is -2.36. The zero-order valence-corrected chi connectivity index (χ0v) is 9.48. The molecule has 1 aromatic heterocycles. The second-order valence-corrected chi connectivity index (χ2v) is 3.95. The van der Waals surface area contributed by atoms with E-state index in [0.29, 0.717) is 12.2 Å². The Morgan fingerprint density at radius 1 is 1.47 bits per heavy atom. The van der Waals surface area contributed by atoms with Gasteiger partial charge in [-0.15, -0.1) is 11.3 Å². The number of thiazole rings is 1. The molecule has 0 spiro atoms. The van der Waals surface area contributed by atoms with Crippen molar-refractivity contribution in [2.45, 2.75) is 13.8 Å². The fourth-order valence-corrected chi connectivity index (χ4v) is 1.57. The Bertz CT molecular complexity index is 362. The highest BCUT2D eigenvalue weighted by Crippen LogP contribution is 2.07. The van der Waals surface area contributed by atoms with Gasteiger partial charge in [-0.1, -0.05) is 0 Å². The average molecular weight is 227 g/mol. The number of carbonyl (C=O) groups excluding carboxylic acids is 2. The topological polar surface area (TPSA) is 71.1 Å². The van der Waals surface area contributed by atoms with Crippen molar-refractivity contribution in [3.8, 4) is 0 Å². The molecule has 0 saturated heterocycles. The maximum atomic E-state index is 11.4. The zero-order chi connectivity index (χ0) is 11.3. The summed E-state index contributed by atoms with van der Waals surface area (Å²) in [7, 11) is 0. The first-order valence-corrected chi connectivity index (χ1v) is 5.48. The fourth-order valence-electron chi connectivity index (χ4n) is 0.979. The Kier molecular flexibility index (Phi) is 4.23. The van der Waals surface area contributed by atoms with E-state index in [4.69, 9.17) is 0 Å². The molecule has 2 amide bonds. The predicted molar refractivity (Wildman–Crippen MR) is 57.9 cm³/mol. The molecule has 5 nitrogen and oxygen atoms in total. The minimum Gasteiger partial charge on any atom is -0.355 e. The smallest absolute Gasteiger partial charge is 0.271 e. The number of aryl methyl sites for hydroxylation is 1. The molecule has 0 fully saturated rings. The Hall–Kier alpha value is -1.43. The van der Waals surface area contributed by atoms with Crippen molar-refractivity contribution >= 4 is 23.2 Å². The van der Waals surface area contributed by atoms with Gasteiger partial charge in [0.15, 0.2) is 0 Å². The zero-order valence-electron chi connectivity index (χ0n) is 8.66. The van der Waals surface area contributed by atoms with Gasteiger partial charge in [-0.05, 0) is 13.8 Å². The maximum absolute atomic E-state index is 11.4. The van der Waals surface area contributed by atoms with Gasteiger partial charge in [0.2, 0.25) is 5.91 Å². The average Bonchev–Trinajstić information content (AvgIpc) is 2.62. The first kappa shape index (κ1) is 11.6. The molecule has 0 unspecified atom stereocenters. The summed E-state index contributed by atoms with van der Waals surface area (Å²) >= 11 is 1.40. The summed E-state index contributed by atoms with van der Waals surface area (Å²) in [6, 6.07) is 0. The molecule has 0 aliphatic heterocycles. The largest absolute Gasteiger partial charge is 0.355 e. The Balaban J connectivity index is 2.40. The lowest BCUT2D eigenvalue weighted by molar-refractivity contribution is -0.120. The van der Waals surface area contributed by atoms with E-state index < -0.39 is 0 Å². The first-order valence-electron chi connectivity index (χ1n) is 4.60. The number of amides is 2. The van der Waals surface area contributed by atoms with Crippen LogP contribution in [0.15, 0.2) is 5.38 Å². The van der Waals surface area contributed by atoms with Crippen molar-refractivity contribution < 1.29 is 9.59 Å². The van der Waals surface area contributed by atoms with Crippen LogP contribution in [-0.4, -0.2) is 29.9 Å². The third-order valence-corrected chi connectivity index (χ3v) is 2.41. The Morgan fingerprint density at radius 3 is 2.73 bits per heavy atom. The monoisotopic (exact) mass is 227 g/mol. The van der Waals surface area contributed by atoms with Gasteiger partial charge in [-0.2, -0.15) is 0 Å². The third-order valence-electron chi connectivity index (χ3n) is 1.64. The number of rotatable bonds is 4. The molecule has 1 rings (SSSR count). The van der Waals surface area contributed by atoms with Crippen molar-refractivity contribution in [3.63, 3.8) is 0 Å². The Labute approximate surface area is 91.9 Å². The number of likely N-dealkylation sites (N-methyl/N-ethyl adjacent to an activating group) is 1. The van der Waals surface area contributed by atoms with Crippen LogP contribution in [0.2, 0.25) is 0 Å². The molecule has 0 saturated carbocycles. The summed E-state index contributed by atoms with van der Waals surface area (Å²) in [6.45, 7) is 4.20. The van der Waals surface area contributed by atoms with Gasteiger partial charge in [0.05, 0.1) is 11.6 Å². The van der Waals surface area contributed by atoms with Gasteiger partial charge in [-0.3, -0.25) is 9.59 Å². The summed E-state index contributed by atoms with van der Waals surface area (Å²) in [5.74, 6) is -0.511. The van der Waals surface area contributed by atoms with Gasteiger partial charge in [0.1, 0.15) is 5.69 Å². The highest BCUT2D eigenvalue weighted by molar-refractivity contribution is 7.09. The molecule has 0 aliphatic carbocycles. The highest BCUT2D eigenvalue weighted by atomic mass is 32.1. The van der Waals surface area contributed by atoms with Gasteiger partial charge < -0.3 is 10.6 Å². The van der Waals surface area contributed by atoms with Crippen LogP contribution in [0.25, 0.3) is 0 Å². The minimum absolute atomic E-state index is 0.0107. The van der Waals surface area contributed by atoms with Gasteiger partial charge >= 0.3 is 0 Å². The molecule has 0 atom stereocenters. The lowest BCUT2D eigenvalue weighted by Gasteiger charge is -2.02. The summed E-state index contributed by atoms with van der Waals surface area (Å²) < 4.78 is 0. The van der Waals surface area contributed by atoms with E-state index in [1.165, 1.54) is 11.3 Å². The van der Waals surface area contributed by atoms with Crippen LogP contribution in [0.3, 0.4) is 0 Å². The van der Waals surface area contributed by atoms with Crippen LogP contribution in [0.5, 0.6) is 0 Å². The number of aromatic nitrogens is 1. The molecular formula is C9H13N3O2S. The van der Waals surface area contributed by atoms with Crippen LogP contribution >= 0.6 is 11.3 Å². The Morgan fingerprint density at radius 2 is 2.20 bits per heavy atom. The lowest BCUT2D eigenvalue weighted by atomic mass is 10.4.